The summed E-state index contributed by atoms with van der Waals surface area (Å²) in [6.07, 6.45) is 0.836. The first-order valence-corrected chi connectivity index (χ1v) is 9.22. The lowest BCUT2D eigenvalue weighted by molar-refractivity contribution is 0.0685. The van der Waals surface area contributed by atoms with E-state index in [0.717, 1.165) is 6.42 Å². The molecule has 0 radical (unpaired) electrons. The molecule has 0 N–H and O–H groups in total. The number of carbonyl (C=O) groups is 1. The van der Waals surface area contributed by atoms with Gasteiger partial charge in [-0.3, -0.25) is 14.2 Å². The van der Waals surface area contributed by atoms with Gasteiger partial charge in [-0.2, -0.15) is 0 Å². The standard InChI is InChI=1S/C19H21N3O2S/c1-4-11-22(19(24)16-10-7-12-25-16)13(2)17-20-15-9-6-5-8-14(15)18(23)21(17)3/h5-10,12-13H,4,11H2,1-3H3. The van der Waals surface area contributed by atoms with Crippen LogP contribution in [0.1, 0.15) is 41.8 Å². The van der Waals surface area contributed by atoms with E-state index in [4.69, 9.17) is 0 Å². The van der Waals surface area contributed by atoms with Gasteiger partial charge < -0.3 is 4.90 Å². The third-order valence-corrected chi connectivity index (χ3v) is 5.17. The average molecular weight is 355 g/mol. The zero-order chi connectivity index (χ0) is 18.0. The Bertz CT molecular complexity index is 947. The molecule has 0 bridgehead atoms. The number of benzene rings is 1. The minimum absolute atomic E-state index is 0.0215. The van der Waals surface area contributed by atoms with Gasteiger partial charge in [-0.1, -0.05) is 25.1 Å². The Balaban J connectivity index is 2.07. The Hall–Kier alpha value is -2.47. The van der Waals surface area contributed by atoms with Crippen molar-refractivity contribution in [3.63, 3.8) is 0 Å². The number of hydrogen-bond donors (Lipinski definition) is 0. The van der Waals surface area contributed by atoms with E-state index in [-0.39, 0.29) is 17.5 Å². The largest absolute Gasteiger partial charge is 0.328 e. The van der Waals surface area contributed by atoms with Crippen LogP contribution in [0.4, 0.5) is 0 Å². The molecule has 25 heavy (non-hydrogen) atoms. The maximum atomic E-state index is 12.9. The van der Waals surface area contributed by atoms with Crippen molar-refractivity contribution < 1.29 is 4.79 Å². The topological polar surface area (TPSA) is 55.2 Å². The lowest BCUT2D eigenvalue weighted by Gasteiger charge is -2.29. The van der Waals surface area contributed by atoms with E-state index in [1.807, 2.05) is 49.6 Å². The molecule has 0 saturated carbocycles. The zero-order valence-corrected chi connectivity index (χ0v) is 15.4. The normalized spacial score (nSPS) is 12.3. The molecule has 2 heterocycles. The molecule has 1 unspecified atom stereocenters. The quantitative estimate of drug-likeness (QED) is 0.702. The summed E-state index contributed by atoms with van der Waals surface area (Å²) in [5, 5.41) is 2.49. The molecular weight excluding hydrogens is 334 g/mol. The fourth-order valence-electron chi connectivity index (χ4n) is 3.00. The fraction of sp³-hybridized carbons (Fsp3) is 0.316. The maximum Gasteiger partial charge on any atom is 0.264 e. The Morgan fingerprint density at radius 3 is 2.72 bits per heavy atom. The number of nitrogens with zero attached hydrogens (tertiary/aromatic N) is 3. The predicted octanol–water partition coefficient (Wildman–Crippen LogP) is 3.61. The van der Waals surface area contributed by atoms with Crippen LogP contribution in [0, 0.1) is 0 Å². The number of thiophene rings is 1. The van der Waals surface area contributed by atoms with Crippen molar-refractivity contribution in [3.8, 4) is 0 Å². The van der Waals surface area contributed by atoms with Crippen molar-refractivity contribution in [1.82, 2.24) is 14.5 Å². The molecule has 1 amide bonds. The van der Waals surface area contributed by atoms with E-state index >= 15 is 0 Å². The molecule has 5 nitrogen and oxygen atoms in total. The van der Waals surface area contributed by atoms with Gasteiger partial charge in [-0.05, 0) is 36.9 Å². The SMILES string of the molecule is CCCN(C(=O)c1cccs1)C(C)c1nc2ccccc2c(=O)n1C. The molecule has 0 aliphatic heterocycles. The predicted molar refractivity (Wildman–Crippen MR) is 101 cm³/mol. The number of rotatable bonds is 5. The average Bonchev–Trinajstić information content (AvgIpc) is 3.16. The lowest BCUT2D eigenvalue weighted by Crippen LogP contribution is -2.37. The second-order valence-corrected chi connectivity index (χ2v) is 6.95. The second kappa shape index (κ2) is 7.19. The summed E-state index contributed by atoms with van der Waals surface area (Å²) in [6.45, 7) is 4.58. The van der Waals surface area contributed by atoms with Crippen LogP contribution in [0.25, 0.3) is 10.9 Å². The molecular formula is C19H21N3O2S. The first-order chi connectivity index (χ1) is 12.0. The number of aromatic nitrogens is 2. The first-order valence-electron chi connectivity index (χ1n) is 8.34. The van der Waals surface area contributed by atoms with Crippen LogP contribution in [0.5, 0.6) is 0 Å². The van der Waals surface area contributed by atoms with Crippen LogP contribution < -0.4 is 5.56 Å². The van der Waals surface area contributed by atoms with Gasteiger partial charge in [0.1, 0.15) is 5.82 Å². The number of para-hydroxylation sites is 1. The molecule has 0 aliphatic carbocycles. The highest BCUT2D eigenvalue weighted by Gasteiger charge is 2.26. The van der Waals surface area contributed by atoms with Crippen LogP contribution in [0.3, 0.4) is 0 Å². The van der Waals surface area contributed by atoms with Crippen LogP contribution in [-0.4, -0.2) is 26.9 Å². The molecule has 2 aromatic heterocycles. The van der Waals surface area contributed by atoms with Crippen molar-refractivity contribution in [3.05, 3.63) is 62.8 Å². The van der Waals surface area contributed by atoms with E-state index < -0.39 is 0 Å². The van der Waals surface area contributed by atoms with E-state index in [9.17, 15) is 9.59 Å². The van der Waals surface area contributed by atoms with Crippen LogP contribution in [-0.2, 0) is 7.05 Å². The van der Waals surface area contributed by atoms with Gasteiger partial charge in [-0.15, -0.1) is 11.3 Å². The third kappa shape index (κ3) is 3.22. The van der Waals surface area contributed by atoms with Crippen molar-refractivity contribution in [2.24, 2.45) is 7.05 Å². The van der Waals surface area contributed by atoms with E-state index in [1.54, 1.807) is 22.6 Å². The van der Waals surface area contributed by atoms with Gasteiger partial charge in [0, 0.05) is 13.6 Å². The van der Waals surface area contributed by atoms with Crippen LogP contribution in [0.2, 0.25) is 0 Å². The summed E-state index contributed by atoms with van der Waals surface area (Å²) in [5.41, 5.74) is 0.569. The number of fused-ring (bicyclic) bond motifs is 1. The molecule has 0 fully saturated rings. The van der Waals surface area contributed by atoms with Gasteiger partial charge in [0.05, 0.1) is 21.8 Å². The molecule has 1 atom stereocenters. The van der Waals surface area contributed by atoms with Crippen molar-refractivity contribution in [1.29, 1.82) is 0 Å². The van der Waals surface area contributed by atoms with Crippen molar-refractivity contribution in [2.75, 3.05) is 6.54 Å². The molecule has 3 rings (SSSR count). The molecule has 0 saturated heterocycles. The van der Waals surface area contributed by atoms with Gasteiger partial charge in [0.25, 0.3) is 11.5 Å². The fourth-order valence-corrected chi connectivity index (χ4v) is 3.68. The third-order valence-electron chi connectivity index (χ3n) is 4.32. The molecule has 3 aromatic rings. The highest BCUT2D eigenvalue weighted by atomic mass is 32.1. The molecule has 0 aliphatic rings. The van der Waals surface area contributed by atoms with E-state index in [2.05, 4.69) is 4.98 Å². The monoisotopic (exact) mass is 355 g/mol. The van der Waals surface area contributed by atoms with Gasteiger partial charge >= 0.3 is 0 Å². The Morgan fingerprint density at radius 2 is 2.04 bits per heavy atom. The Morgan fingerprint density at radius 1 is 1.28 bits per heavy atom. The molecule has 0 spiro atoms. The summed E-state index contributed by atoms with van der Waals surface area (Å²) < 4.78 is 1.55. The minimum Gasteiger partial charge on any atom is -0.328 e. The first kappa shape index (κ1) is 17.4. The summed E-state index contributed by atoms with van der Waals surface area (Å²) >= 11 is 1.43. The van der Waals surface area contributed by atoms with Crippen LogP contribution >= 0.6 is 11.3 Å². The number of hydrogen-bond acceptors (Lipinski definition) is 4. The van der Waals surface area contributed by atoms with Crippen molar-refractivity contribution in [2.45, 2.75) is 26.3 Å². The maximum absolute atomic E-state index is 12.9. The summed E-state index contributed by atoms with van der Waals surface area (Å²) in [7, 11) is 1.72. The van der Waals surface area contributed by atoms with Crippen molar-refractivity contribution >= 4 is 28.1 Å². The van der Waals surface area contributed by atoms with E-state index in [1.165, 1.54) is 11.3 Å². The smallest absolute Gasteiger partial charge is 0.264 e. The summed E-state index contributed by atoms with van der Waals surface area (Å²) in [6, 6.07) is 10.7. The van der Waals surface area contributed by atoms with Crippen LogP contribution in [0.15, 0.2) is 46.6 Å². The number of amides is 1. The van der Waals surface area contributed by atoms with E-state index in [0.29, 0.717) is 28.1 Å². The van der Waals surface area contributed by atoms with Gasteiger partial charge in [-0.25, -0.2) is 4.98 Å². The minimum atomic E-state index is -0.295. The highest BCUT2D eigenvalue weighted by Crippen LogP contribution is 2.23. The summed E-state index contributed by atoms with van der Waals surface area (Å²) in [4.78, 5) is 32.7. The molecule has 130 valence electrons. The Labute approximate surface area is 150 Å². The van der Waals surface area contributed by atoms with Gasteiger partial charge in [0.2, 0.25) is 0 Å². The van der Waals surface area contributed by atoms with Gasteiger partial charge in [0.15, 0.2) is 0 Å². The zero-order valence-electron chi connectivity index (χ0n) is 14.6. The summed E-state index contributed by atoms with van der Waals surface area (Å²) in [5.74, 6) is 0.578. The number of carbonyl (C=O) groups excluding carboxylic acids is 1. The highest BCUT2D eigenvalue weighted by molar-refractivity contribution is 7.12. The lowest BCUT2D eigenvalue weighted by atomic mass is 10.2. The molecule has 6 heteroatoms. The molecule has 1 aromatic carbocycles. The second-order valence-electron chi connectivity index (χ2n) is 6.00. The Kier molecular flexibility index (Phi) is 4.99.